The zero-order valence-corrected chi connectivity index (χ0v) is 21.6. The highest BCUT2D eigenvalue weighted by Crippen LogP contribution is 2.40. The standard InChI is InChI=1S/C28H25N5O6/c1-16-22-15-29-27(31-20-13-23(36-2)25(38-4)24(14-20)37-3)32-33(22)26(30-16)19-9-5-7-17(11-19)18-8-6-10-21(12-18)39-28(34)35/h5-15H,1-4H3,(H,31,32)(H,34,35). The highest BCUT2D eigenvalue weighted by Gasteiger charge is 2.16. The van der Waals surface area contributed by atoms with Crippen molar-refractivity contribution >= 4 is 23.3 Å². The average molecular weight is 528 g/mol. The van der Waals surface area contributed by atoms with Crippen LogP contribution < -0.4 is 24.3 Å². The predicted octanol–water partition coefficient (Wildman–Crippen LogP) is 5.59. The third-order valence-electron chi connectivity index (χ3n) is 5.99. The molecular formula is C28H25N5O6. The minimum Gasteiger partial charge on any atom is -0.493 e. The molecule has 11 heteroatoms. The van der Waals surface area contributed by atoms with Crippen LogP contribution in [0.15, 0.2) is 66.9 Å². The molecular weight excluding hydrogens is 502 g/mol. The summed E-state index contributed by atoms with van der Waals surface area (Å²) in [6, 6.07) is 18.1. The van der Waals surface area contributed by atoms with E-state index in [1.807, 2.05) is 37.3 Å². The van der Waals surface area contributed by atoms with E-state index in [0.29, 0.717) is 34.7 Å². The van der Waals surface area contributed by atoms with Gasteiger partial charge in [0.1, 0.15) is 11.3 Å². The van der Waals surface area contributed by atoms with E-state index in [0.717, 1.165) is 27.9 Å². The van der Waals surface area contributed by atoms with Crippen molar-refractivity contribution in [2.24, 2.45) is 0 Å². The summed E-state index contributed by atoms with van der Waals surface area (Å²) < 4.78 is 22.8. The molecule has 5 aromatic rings. The van der Waals surface area contributed by atoms with Crippen molar-refractivity contribution in [2.45, 2.75) is 6.92 Å². The van der Waals surface area contributed by atoms with Crippen molar-refractivity contribution in [3.8, 4) is 45.5 Å². The van der Waals surface area contributed by atoms with Gasteiger partial charge in [-0.2, -0.15) is 0 Å². The molecule has 0 radical (unpaired) electrons. The first-order valence-corrected chi connectivity index (χ1v) is 11.8. The number of nitrogens with one attached hydrogen (secondary N) is 1. The average Bonchev–Trinajstić information content (AvgIpc) is 3.27. The molecule has 0 saturated carbocycles. The Balaban J connectivity index is 1.52. The number of aryl methyl sites for hydroxylation is 1. The summed E-state index contributed by atoms with van der Waals surface area (Å²) in [5.41, 5.74) is 4.65. The van der Waals surface area contributed by atoms with Crippen molar-refractivity contribution in [1.29, 1.82) is 0 Å². The molecule has 0 bridgehead atoms. The largest absolute Gasteiger partial charge is 0.511 e. The molecule has 0 aliphatic rings. The molecule has 198 valence electrons. The Morgan fingerprint density at radius 1 is 0.897 bits per heavy atom. The van der Waals surface area contributed by atoms with Crippen LogP contribution in [0.3, 0.4) is 0 Å². The molecule has 5 rings (SSSR count). The van der Waals surface area contributed by atoms with E-state index in [9.17, 15) is 4.79 Å². The minimum atomic E-state index is -1.36. The van der Waals surface area contributed by atoms with E-state index < -0.39 is 6.16 Å². The predicted molar refractivity (Wildman–Crippen MR) is 144 cm³/mol. The van der Waals surface area contributed by atoms with Crippen LogP contribution in [0.5, 0.6) is 23.0 Å². The third kappa shape index (κ3) is 5.10. The zero-order valence-electron chi connectivity index (χ0n) is 21.6. The summed E-state index contributed by atoms with van der Waals surface area (Å²) in [5, 5.41) is 16.8. The number of nitrogens with zero attached hydrogens (tertiary/aromatic N) is 4. The molecule has 3 aromatic carbocycles. The van der Waals surface area contributed by atoms with Crippen molar-refractivity contribution < 1.29 is 28.8 Å². The van der Waals surface area contributed by atoms with E-state index >= 15 is 0 Å². The second-order valence-electron chi connectivity index (χ2n) is 8.42. The summed E-state index contributed by atoms with van der Waals surface area (Å²) in [5.74, 6) is 2.67. The number of hydrogen-bond acceptors (Lipinski definition) is 9. The Bertz CT molecular complexity index is 1660. The van der Waals surface area contributed by atoms with E-state index in [4.69, 9.17) is 34.1 Å². The smallest absolute Gasteiger partial charge is 0.493 e. The topological polar surface area (TPSA) is 129 Å². The van der Waals surface area contributed by atoms with Crippen molar-refractivity contribution in [2.75, 3.05) is 26.6 Å². The second-order valence-corrected chi connectivity index (χ2v) is 8.42. The summed E-state index contributed by atoms with van der Waals surface area (Å²) in [6.45, 7) is 1.89. The maximum absolute atomic E-state index is 10.9. The number of fused-ring (bicyclic) bond motifs is 1. The fourth-order valence-corrected chi connectivity index (χ4v) is 4.23. The molecule has 2 aromatic heterocycles. The van der Waals surface area contributed by atoms with Gasteiger partial charge >= 0.3 is 6.16 Å². The van der Waals surface area contributed by atoms with Crippen LogP contribution in [0.2, 0.25) is 0 Å². The first kappa shape index (κ1) is 25.3. The molecule has 0 aliphatic carbocycles. The number of rotatable bonds is 8. The van der Waals surface area contributed by atoms with Gasteiger partial charge in [-0.1, -0.05) is 30.3 Å². The van der Waals surface area contributed by atoms with Crippen LogP contribution in [-0.2, 0) is 0 Å². The summed E-state index contributed by atoms with van der Waals surface area (Å²) in [7, 11) is 4.64. The highest BCUT2D eigenvalue weighted by molar-refractivity contribution is 5.74. The lowest BCUT2D eigenvalue weighted by molar-refractivity contribution is 0.144. The van der Waals surface area contributed by atoms with Gasteiger partial charge in [0, 0.05) is 23.4 Å². The van der Waals surface area contributed by atoms with Gasteiger partial charge in [0.15, 0.2) is 17.3 Å². The molecule has 0 aliphatic heterocycles. The third-order valence-corrected chi connectivity index (χ3v) is 5.99. The van der Waals surface area contributed by atoms with E-state index in [1.54, 1.807) is 62.4 Å². The first-order valence-electron chi connectivity index (χ1n) is 11.8. The molecule has 39 heavy (non-hydrogen) atoms. The molecule has 0 amide bonds. The highest BCUT2D eigenvalue weighted by atomic mass is 16.7. The molecule has 11 nitrogen and oxygen atoms in total. The summed E-state index contributed by atoms with van der Waals surface area (Å²) in [4.78, 5) is 20.2. The minimum absolute atomic E-state index is 0.239. The lowest BCUT2D eigenvalue weighted by Crippen LogP contribution is -2.04. The fourth-order valence-electron chi connectivity index (χ4n) is 4.23. The first-order chi connectivity index (χ1) is 18.9. The molecule has 0 spiro atoms. The van der Waals surface area contributed by atoms with Gasteiger partial charge in [0.2, 0.25) is 11.7 Å². The maximum atomic E-state index is 10.9. The van der Waals surface area contributed by atoms with Crippen LogP contribution in [0.25, 0.3) is 28.0 Å². The fraction of sp³-hybridized carbons (Fsp3) is 0.143. The number of benzene rings is 3. The number of aromatic nitrogens is 4. The van der Waals surface area contributed by atoms with Gasteiger partial charge < -0.3 is 29.4 Å². The lowest BCUT2D eigenvalue weighted by Gasteiger charge is -2.14. The van der Waals surface area contributed by atoms with Gasteiger partial charge in [0.05, 0.1) is 33.2 Å². The summed E-state index contributed by atoms with van der Waals surface area (Å²) in [6.07, 6.45) is 0.339. The molecule has 2 heterocycles. The molecule has 0 fully saturated rings. The van der Waals surface area contributed by atoms with Crippen LogP contribution in [0, 0.1) is 6.92 Å². The lowest BCUT2D eigenvalue weighted by atomic mass is 10.0. The van der Waals surface area contributed by atoms with Gasteiger partial charge in [0.25, 0.3) is 0 Å². The van der Waals surface area contributed by atoms with E-state index in [1.165, 1.54) is 0 Å². The molecule has 0 atom stereocenters. The number of carbonyl (C=O) groups is 1. The monoisotopic (exact) mass is 527 g/mol. The number of imidazole rings is 1. The van der Waals surface area contributed by atoms with E-state index in [2.05, 4.69) is 10.3 Å². The quantitative estimate of drug-likeness (QED) is 0.194. The number of methoxy groups -OCH3 is 3. The van der Waals surface area contributed by atoms with Gasteiger partial charge in [-0.25, -0.2) is 19.3 Å². The molecule has 2 N–H and O–H groups in total. The van der Waals surface area contributed by atoms with E-state index in [-0.39, 0.29) is 5.75 Å². The maximum Gasteiger partial charge on any atom is 0.511 e. The van der Waals surface area contributed by atoms with Crippen molar-refractivity contribution in [3.05, 3.63) is 72.6 Å². The number of carboxylic acid groups (broad SMARTS) is 1. The van der Waals surface area contributed by atoms with Crippen LogP contribution in [0.1, 0.15) is 5.69 Å². The van der Waals surface area contributed by atoms with Gasteiger partial charge in [-0.05, 0) is 36.2 Å². The van der Waals surface area contributed by atoms with Gasteiger partial charge in [-0.15, -0.1) is 5.10 Å². The van der Waals surface area contributed by atoms with Gasteiger partial charge in [-0.3, -0.25) is 0 Å². The summed E-state index contributed by atoms with van der Waals surface area (Å²) >= 11 is 0. The molecule has 0 saturated heterocycles. The molecule has 0 unspecified atom stereocenters. The van der Waals surface area contributed by atoms with Crippen molar-refractivity contribution in [3.63, 3.8) is 0 Å². The number of anilines is 2. The van der Waals surface area contributed by atoms with Crippen molar-refractivity contribution in [1.82, 2.24) is 19.6 Å². The Morgan fingerprint density at radius 3 is 2.23 bits per heavy atom. The zero-order chi connectivity index (χ0) is 27.5. The van der Waals surface area contributed by atoms with Crippen LogP contribution in [0.4, 0.5) is 16.4 Å². The van der Waals surface area contributed by atoms with Crippen LogP contribution >= 0.6 is 0 Å². The number of ether oxygens (including phenoxy) is 4. The Labute approximate surface area is 223 Å². The Kier molecular flexibility index (Phi) is 6.87. The van der Waals surface area contributed by atoms with Crippen LogP contribution in [-0.4, -0.2) is 52.2 Å². The SMILES string of the molecule is COc1cc(Nc2ncc3c(C)nc(-c4cccc(-c5cccc(OC(=O)O)c5)c4)n3n2)cc(OC)c1OC. The normalized spacial score (nSPS) is 10.8. The Hall–Kier alpha value is -5.32. The second kappa shape index (κ2) is 10.6. The number of hydrogen-bond donors (Lipinski definition) is 2. The Morgan fingerprint density at radius 2 is 1.56 bits per heavy atom.